The van der Waals surface area contributed by atoms with Crippen LogP contribution in [0.2, 0.25) is 0 Å². The maximum atomic E-state index is 11.6. The number of esters is 3. The van der Waals surface area contributed by atoms with Crippen LogP contribution in [-0.4, -0.2) is 25.0 Å². The number of benzene rings is 3. The Morgan fingerprint density at radius 2 is 0.815 bits per heavy atom. The monoisotopic (exact) mass is 362 g/mol. The maximum Gasteiger partial charge on any atom is 0.346 e. The molecule has 0 aliphatic heterocycles. The van der Waals surface area contributed by atoms with Crippen molar-refractivity contribution >= 4 is 17.9 Å². The molecule has 0 aromatic heterocycles. The summed E-state index contributed by atoms with van der Waals surface area (Å²) in [6.45, 7) is 0. The van der Waals surface area contributed by atoms with E-state index in [4.69, 9.17) is 4.74 Å². The van der Waals surface area contributed by atoms with Crippen molar-refractivity contribution in [1.82, 2.24) is 0 Å². The molecule has 0 saturated carbocycles. The molecule has 3 aromatic rings. The van der Waals surface area contributed by atoms with Gasteiger partial charge in [-0.3, -0.25) is 0 Å². The topological polar surface area (TPSA) is 69.7 Å². The molecule has 5 nitrogen and oxygen atoms in total. The SMILES string of the molecule is COC(=O)c1ccccc1.O=C(OC(=O)c1ccccc1)c1ccccc1. The fourth-order valence-electron chi connectivity index (χ4n) is 2.04. The highest BCUT2D eigenvalue weighted by atomic mass is 16.6. The second kappa shape index (κ2) is 10.3. The third-order valence-electron chi connectivity index (χ3n) is 3.40. The van der Waals surface area contributed by atoms with Gasteiger partial charge in [0.2, 0.25) is 0 Å². The predicted octanol–water partition coefficient (Wildman–Crippen LogP) is 4.16. The molecule has 0 aliphatic rings. The maximum absolute atomic E-state index is 11.6. The van der Waals surface area contributed by atoms with Crippen LogP contribution in [0.1, 0.15) is 31.1 Å². The van der Waals surface area contributed by atoms with Gasteiger partial charge in [0.05, 0.1) is 23.8 Å². The summed E-state index contributed by atoms with van der Waals surface area (Å²) in [5, 5.41) is 0. The van der Waals surface area contributed by atoms with Crippen LogP contribution < -0.4 is 0 Å². The minimum atomic E-state index is -0.639. The number of carbonyl (C=O) groups is 3. The Labute approximate surface area is 157 Å². The third kappa shape index (κ3) is 6.25. The first-order chi connectivity index (χ1) is 13.1. The van der Waals surface area contributed by atoms with E-state index in [1.54, 1.807) is 84.9 Å². The van der Waals surface area contributed by atoms with Crippen molar-refractivity contribution in [1.29, 1.82) is 0 Å². The van der Waals surface area contributed by atoms with E-state index >= 15 is 0 Å². The van der Waals surface area contributed by atoms with E-state index in [-0.39, 0.29) is 5.97 Å². The summed E-state index contributed by atoms with van der Waals surface area (Å²) in [5.41, 5.74) is 1.30. The summed E-state index contributed by atoms with van der Waals surface area (Å²) in [4.78, 5) is 34.0. The van der Waals surface area contributed by atoms with Crippen molar-refractivity contribution in [2.24, 2.45) is 0 Å². The summed E-state index contributed by atoms with van der Waals surface area (Å²) >= 11 is 0. The van der Waals surface area contributed by atoms with Gasteiger partial charge in [0.25, 0.3) is 0 Å². The van der Waals surface area contributed by atoms with Crippen LogP contribution in [0.25, 0.3) is 0 Å². The number of carbonyl (C=O) groups excluding carboxylic acids is 3. The molecule has 27 heavy (non-hydrogen) atoms. The lowest BCUT2D eigenvalue weighted by molar-refractivity contribution is 0.0397. The number of ether oxygens (including phenoxy) is 2. The molecule has 0 saturated heterocycles. The summed E-state index contributed by atoms with van der Waals surface area (Å²) < 4.78 is 9.24. The minimum Gasteiger partial charge on any atom is -0.465 e. The van der Waals surface area contributed by atoms with Gasteiger partial charge in [-0.05, 0) is 36.4 Å². The van der Waals surface area contributed by atoms with Gasteiger partial charge in [-0.1, -0.05) is 54.6 Å². The zero-order valence-electron chi connectivity index (χ0n) is 14.7. The minimum absolute atomic E-state index is 0.291. The van der Waals surface area contributed by atoms with Crippen molar-refractivity contribution < 1.29 is 23.9 Å². The van der Waals surface area contributed by atoms with Crippen LogP contribution in [0.15, 0.2) is 91.0 Å². The van der Waals surface area contributed by atoms with Crippen molar-refractivity contribution in [3.63, 3.8) is 0 Å². The lowest BCUT2D eigenvalue weighted by Crippen LogP contribution is -2.12. The molecule has 0 radical (unpaired) electrons. The van der Waals surface area contributed by atoms with Crippen molar-refractivity contribution in [2.45, 2.75) is 0 Å². The van der Waals surface area contributed by atoms with E-state index in [1.165, 1.54) is 7.11 Å². The quantitative estimate of drug-likeness (QED) is 0.517. The number of hydrogen-bond donors (Lipinski definition) is 0. The Morgan fingerprint density at radius 1 is 0.519 bits per heavy atom. The van der Waals surface area contributed by atoms with Crippen LogP contribution in [0.4, 0.5) is 0 Å². The molecule has 3 aromatic carbocycles. The average molecular weight is 362 g/mol. The van der Waals surface area contributed by atoms with Gasteiger partial charge in [-0.2, -0.15) is 0 Å². The Bertz CT molecular complexity index is 825. The molecule has 0 amide bonds. The molecule has 5 heteroatoms. The highest BCUT2D eigenvalue weighted by Crippen LogP contribution is 2.06. The van der Waals surface area contributed by atoms with Gasteiger partial charge in [0.1, 0.15) is 0 Å². The van der Waals surface area contributed by atoms with E-state index in [9.17, 15) is 14.4 Å². The van der Waals surface area contributed by atoms with Crippen molar-refractivity contribution in [3.8, 4) is 0 Å². The number of rotatable bonds is 3. The van der Waals surface area contributed by atoms with Gasteiger partial charge in [-0.15, -0.1) is 0 Å². The van der Waals surface area contributed by atoms with Gasteiger partial charge < -0.3 is 9.47 Å². The van der Waals surface area contributed by atoms with E-state index < -0.39 is 11.9 Å². The molecule has 0 spiro atoms. The van der Waals surface area contributed by atoms with E-state index in [1.807, 2.05) is 6.07 Å². The summed E-state index contributed by atoms with van der Waals surface area (Å²) in [6.07, 6.45) is 0. The van der Waals surface area contributed by atoms with Crippen LogP contribution in [0.5, 0.6) is 0 Å². The zero-order chi connectivity index (χ0) is 19.5. The van der Waals surface area contributed by atoms with Crippen molar-refractivity contribution in [3.05, 3.63) is 108 Å². The van der Waals surface area contributed by atoms with Crippen LogP contribution in [-0.2, 0) is 9.47 Å². The Morgan fingerprint density at radius 3 is 1.11 bits per heavy atom. The first kappa shape index (κ1) is 19.6. The molecule has 3 rings (SSSR count). The fraction of sp³-hybridized carbons (Fsp3) is 0.0455. The molecule has 0 aliphatic carbocycles. The Balaban J connectivity index is 0.000000223. The number of hydrogen-bond acceptors (Lipinski definition) is 5. The molecule has 0 atom stereocenters. The zero-order valence-corrected chi connectivity index (χ0v) is 14.7. The van der Waals surface area contributed by atoms with E-state index in [0.717, 1.165) is 0 Å². The molecule has 0 N–H and O–H groups in total. The standard InChI is InChI=1S/C14H10O3.C8H8O2/c15-13(11-7-3-1-4-8-11)17-14(16)12-9-5-2-6-10-12;1-10-8(9)7-5-3-2-4-6-7/h1-10H;2-6H,1H3. The lowest BCUT2D eigenvalue weighted by Gasteiger charge is -2.02. The number of methoxy groups -OCH3 is 1. The van der Waals surface area contributed by atoms with Crippen LogP contribution >= 0.6 is 0 Å². The Hall–Kier alpha value is -3.73. The molecular formula is C22H18O5. The van der Waals surface area contributed by atoms with Crippen molar-refractivity contribution in [2.75, 3.05) is 7.11 Å². The Kier molecular flexibility index (Phi) is 7.48. The fourth-order valence-corrected chi connectivity index (χ4v) is 2.04. The largest absolute Gasteiger partial charge is 0.465 e. The lowest BCUT2D eigenvalue weighted by atomic mass is 10.2. The predicted molar refractivity (Wildman–Crippen MR) is 100 cm³/mol. The second-order valence-electron chi connectivity index (χ2n) is 5.27. The first-order valence-corrected chi connectivity index (χ1v) is 8.12. The van der Waals surface area contributed by atoms with Gasteiger partial charge >= 0.3 is 17.9 Å². The molecule has 0 unspecified atom stereocenters. The highest BCUT2D eigenvalue weighted by Gasteiger charge is 2.13. The van der Waals surface area contributed by atoms with Crippen LogP contribution in [0.3, 0.4) is 0 Å². The average Bonchev–Trinajstić information content (AvgIpc) is 2.75. The molecule has 136 valence electrons. The summed E-state index contributed by atoms with van der Waals surface area (Å²) in [5.74, 6) is -1.57. The van der Waals surface area contributed by atoms with Gasteiger partial charge in [-0.25, -0.2) is 14.4 Å². The first-order valence-electron chi connectivity index (χ1n) is 8.12. The van der Waals surface area contributed by atoms with Gasteiger partial charge in [0.15, 0.2) is 0 Å². The molecule has 0 heterocycles. The smallest absolute Gasteiger partial charge is 0.346 e. The molecule has 0 bridgehead atoms. The van der Waals surface area contributed by atoms with Crippen LogP contribution in [0, 0.1) is 0 Å². The second-order valence-corrected chi connectivity index (χ2v) is 5.27. The normalized spacial score (nSPS) is 9.37. The van der Waals surface area contributed by atoms with E-state index in [0.29, 0.717) is 16.7 Å². The van der Waals surface area contributed by atoms with E-state index in [2.05, 4.69) is 4.74 Å². The van der Waals surface area contributed by atoms with Gasteiger partial charge in [0, 0.05) is 0 Å². The third-order valence-corrected chi connectivity index (χ3v) is 3.40. The summed E-state index contributed by atoms with van der Waals surface area (Å²) in [7, 11) is 1.37. The molecule has 0 fully saturated rings. The summed E-state index contributed by atoms with van der Waals surface area (Å²) in [6, 6.07) is 25.7. The molecular weight excluding hydrogens is 344 g/mol. The highest BCUT2D eigenvalue weighted by molar-refractivity contribution is 6.02.